The number of ether oxygens (including phenoxy) is 1. The Balaban J connectivity index is 1.84. The highest BCUT2D eigenvalue weighted by Crippen LogP contribution is 2.28. The van der Waals surface area contributed by atoms with E-state index in [4.69, 9.17) is 4.74 Å². The van der Waals surface area contributed by atoms with Crippen molar-refractivity contribution >= 4 is 31.6 Å². The number of hydrogen-bond donors (Lipinski definition) is 1. The van der Waals surface area contributed by atoms with Crippen molar-refractivity contribution in [1.82, 2.24) is 9.55 Å². The first-order valence-corrected chi connectivity index (χ1v) is 10.3. The topological polar surface area (TPSA) is 73.2 Å². The lowest BCUT2D eigenvalue weighted by Crippen LogP contribution is -2.15. The maximum absolute atomic E-state index is 12.5. The summed E-state index contributed by atoms with van der Waals surface area (Å²) in [5, 5.41) is 0. The number of hydrogen-bond acceptors (Lipinski definition) is 4. The van der Waals surface area contributed by atoms with Crippen LogP contribution in [0.2, 0.25) is 0 Å². The van der Waals surface area contributed by atoms with Gasteiger partial charge in [0.15, 0.2) is 0 Å². The second-order valence-electron chi connectivity index (χ2n) is 5.76. The van der Waals surface area contributed by atoms with Gasteiger partial charge in [0.1, 0.15) is 5.75 Å². The van der Waals surface area contributed by atoms with Gasteiger partial charge >= 0.3 is 0 Å². The normalized spacial score (nSPS) is 11.3. The highest BCUT2D eigenvalue weighted by atomic mass is 79.9. The Hall–Kier alpha value is -2.32. The van der Waals surface area contributed by atoms with Gasteiger partial charge in [-0.2, -0.15) is 0 Å². The van der Waals surface area contributed by atoms with E-state index in [1.807, 2.05) is 29.8 Å². The summed E-state index contributed by atoms with van der Waals surface area (Å²) in [5.74, 6) is 0.419. The third-order valence-corrected chi connectivity index (χ3v) is 5.76. The Bertz CT molecular complexity index is 1030. The minimum absolute atomic E-state index is 0.126. The van der Waals surface area contributed by atoms with Crippen molar-refractivity contribution in [2.75, 3.05) is 11.8 Å². The Kier molecular flexibility index (Phi) is 5.33. The third-order valence-electron chi connectivity index (χ3n) is 3.75. The van der Waals surface area contributed by atoms with Crippen molar-refractivity contribution in [1.29, 1.82) is 0 Å². The van der Waals surface area contributed by atoms with Gasteiger partial charge in [-0.1, -0.05) is 34.1 Å². The summed E-state index contributed by atoms with van der Waals surface area (Å²) in [6, 6.07) is 12.4. The van der Waals surface area contributed by atoms with E-state index >= 15 is 0 Å². The van der Waals surface area contributed by atoms with E-state index in [1.165, 1.54) is 0 Å². The van der Waals surface area contributed by atoms with Gasteiger partial charge in [0.05, 0.1) is 36.3 Å². The van der Waals surface area contributed by atoms with Crippen LogP contribution in [0.5, 0.6) is 5.75 Å². The maximum Gasteiger partial charge on any atom is 0.236 e. The van der Waals surface area contributed by atoms with Gasteiger partial charge in [-0.15, -0.1) is 0 Å². The lowest BCUT2D eigenvalue weighted by atomic mass is 10.2. The lowest BCUT2D eigenvalue weighted by molar-refractivity contribution is 0.413. The van der Waals surface area contributed by atoms with Crippen molar-refractivity contribution in [3.63, 3.8) is 0 Å². The molecular formula is C18H18BrN3O3S. The molecule has 3 rings (SSSR count). The fraction of sp³-hybridized carbons (Fsp3) is 0.167. The van der Waals surface area contributed by atoms with Gasteiger partial charge in [0, 0.05) is 16.7 Å². The van der Waals surface area contributed by atoms with Gasteiger partial charge in [-0.05, 0) is 30.7 Å². The number of nitrogens with zero attached hydrogens (tertiary/aromatic N) is 2. The van der Waals surface area contributed by atoms with Crippen LogP contribution in [0.3, 0.4) is 0 Å². The van der Waals surface area contributed by atoms with Gasteiger partial charge in [-0.3, -0.25) is 4.72 Å². The number of aromatic nitrogens is 2. The Morgan fingerprint density at radius 1 is 1.23 bits per heavy atom. The second-order valence-corrected chi connectivity index (χ2v) is 8.34. The molecule has 1 N–H and O–H groups in total. The minimum Gasteiger partial charge on any atom is -0.494 e. The van der Waals surface area contributed by atoms with Gasteiger partial charge < -0.3 is 9.30 Å². The first-order chi connectivity index (χ1) is 12.4. The Morgan fingerprint density at radius 3 is 2.65 bits per heavy atom. The molecule has 0 atom stereocenters. The van der Waals surface area contributed by atoms with Gasteiger partial charge in [-0.25, -0.2) is 13.4 Å². The van der Waals surface area contributed by atoms with Crippen LogP contribution >= 0.6 is 15.9 Å². The number of nitrogens with one attached hydrogen (secondary N) is 1. The first kappa shape index (κ1) is 18.5. The number of halogens is 1. The zero-order chi connectivity index (χ0) is 18.7. The number of anilines is 1. The van der Waals surface area contributed by atoms with Crippen LogP contribution in [0, 0.1) is 6.92 Å². The average molecular weight is 436 g/mol. The number of rotatable bonds is 6. The molecule has 0 spiro atoms. The molecule has 1 aromatic heterocycles. The summed E-state index contributed by atoms with van der Waals surface area (Å²) in [6.07, 6.45) is 3.55. The standard InChI is InChI=1S/C18H18BrN3O3S/c1-13-10-22(12-20-13)17-8-7-15(9-18(17)25-2)21-26(23,24)11-14-5-3-4-6-16(14)19/h3-10,12,21H,11H2,1-2H3. The van der Waals surface area contributed by atoms with Crippen LogP contribution < -0.4 is 9.46 Å². The highest BCUT2D eigenvalue weighted by Gasteiger charge is 2.15. The summed E-state index contributed by atoms with van der Waals surface area (Å²) >= 11 is 3.37. The molecule has 3 aromatic rings. The van der Waals surface area contributed by atoms with E-state index < -0.39 is 10.0 Å². The van der Waals surface area contributed by atoms with E-state index in [-0.39, 0.29) is 5.75 Å². The Labute approximate surface area is 161 Å². The zero-order valence-electron chi connectivity index (χ0n) is 14.3. The van der Waals surface area contributed by atoms with Crippen molar-refractivity contribution in [2.24, 2.45) is 0 Å². The van der Waals surface area contributed by atoms with Crippen molar-refractivity contribution < 1.29 is 13.2 Å². The van der Waals surface area contributed by atoms with E-state index in [0.29, 0.717) is 17.0 Å². The van der Waals surface area contributed by atoms with Crippen molar-refractivity contribution in [3.8, 4) is 11.4 Å². The summed E-state index contributed by atoms with van der Waals surface area (Å²) in [7, 11) is -2.02. The summed E-state index contributed by atoms with van der Waals surface area (Å²) < 4.78 is 35.6. The number of imidazole rings is 1. The van der Waals surface area contributed by atoms with Crippen LogP contribution in [0.4, 0.5) is 5.69 Å². The smallest absolute Gasteiger partial charge is 0.236 e. The molecule has 0 radical (unpaired) electrons. The number of sulfonamides is 1. The third kappa shape index (κ3) is 4.25. The minimum atomic E-state index is -3.56. The van der Waals surface area contributed by atoms with Gasteiger partial charge in [0.2, 0.25) is 10.0 Å². The molecule has 0 aliphatic carbocycles. The molecule has 26 heavy (non-hydrogen) atoms. The molecule has 0 aliphatic rings. The maximum atomic E-state index is 12.5. The predicted octanol–water partition coefficient (Wildman–Crippen LogP) is 3.89. The van der Waals surface area contributed by atoms with E-state index in [9.17, 15) is 8.42 Å². The van der Waals surface area contributed by atoms with Crippen molar-refractivity contribution in [2.45, 2.75) is 12.7 Å². The quantitative estimate of drug-likeness (QED) is 0.637. The molecule has 8 heteroatoms. The molecule has 0 bridgehead atoms. The molecule has 0 saturated carbocycles. The molecule has 0 aliphatic heterocycles. The molecule has 0 amide bonds. The second kappa shape index (κ2) is 7.51. The SMILES string of the molecule is COc1cc(NS(=O)(=O)Cc2ccccc2Br)ccc1-n1cnc(C)c1. The lowest BCUT2D eigenvalue weighted by Gasteiger charge is -2.13. The predicted molar refractivity (Wildman–Crippen MR) is 105 cm³/mol. The highest BCUT2D eigenvalue weighted by molar-refractivity contribution is 9.10. The van der Waals surface area contributed by atoms with Crippen molar-refractivity contribution in [3.05, 3.63) is 70.7 Å². The summed E-state index contributed by atoms with van der Waals surface area (Å²) in [5.41, 5.74) is 2.79. The largest absolute Gasteiger partial charge is 0.494 e. The van der Waals surface area contributed by atoms with Crippen LogP contribution in [-0.4, -0.2) is 25.1 Å². The molecular weight excluding hydrogens is 418 g/mol. The molecule has 1 heterocycles. The fourth-order valence-corrected chi connectivity index (χ4v) is 4.37. The van der Waals surface area contributed by atoms with Crippen LogP contribution in [0.25, 0.3) is 5.69 Å². The average Bonchev–Trinajstić information content (AvgIpc) is 3.02. The molecule has 0 unspecified atom stereocenters. The molecule has 136 valence electrons. The Morgan fingerprint density at radius 2 is 2.00 bits per heavy atom. The van der Waals surface area contributed by atoms with Crippen LogP contribution in [0.15, 0.2) is 59.5 Å². The number of aryl methyl sites for hydroxylation is 1. The van der Waals surface area contributed by atoms with Crippen LogP contribution in [0.1, 0.15) is 11.3 Å². The van der Waals surface area contributed by atoms with Gasteiger partial charge in [0.25, 0.3) is 0 Å². The summed E-state index contributed by atoms with van der Waals surface area (Å²) in [4.78, 5) is 4.20. The zero-order valence-corrected chi connectivity index (χ0v) is 16.7. The molecule has 0 fully saturated rings. The first-order valence-electron chi connectivity index (χ1n) is 7.81. The molecule has 2 aromatic carbocycles. The summed E-state index contributed by atoms with van der Waals surface area (Å²) in [6.45, 7) is 1.90. The fourth-order valence-electron chi connectivity index (χ4n) is 2.54. The van der Waals surface area contributed by atoms with E-state index in [1.54, 1.807) is 43.8 Å². The van der Waals surface area contributed by atoms with E-state index in [2.05, 4.69) is 25.6 Å². The van der Waals surface area contributed by atoms with Crippen LogP contribution in [-0.2, 0) is 15.8 Å². The number of methoxy groups -OCH3 is 1. The monoisotopic (exact) mass is 435 g/mol. The number of benzene rings is 2. The molecule has 6 nitrogen and oxygen atoms in total. The molecule has 0 saturated heterocycles. The van der Waals surface area contributed by atoms with E-state index in [0.717, 1.165) is 15.9 Å².